The molecule has 1 amide bonds. The number of methoxy groups -OCH3 is 1. The van der Waals surface area contributed by atoms with E-state index in [1.54, 1.807) is 12.1 Å². The van der Waals surface area contributed by atoms with Crippen LogP contribution in [0.1, 0.15) is 58.8 Å². The highest BCUT2D eigenvalue weighted by molar-refractivity contribution is 7.89. The molecular formula is C32H48N2O8S. The number of carbonyl (C=O) groups is 1. The van der Waals surface area contributed by atoms with Crippen molar-refractivity contribution in [2.75, 3.05) is 33.4 Å². The Morgan fingerprint density at radius 1 is 1.05 bits per heavy atom. The Hall–Kier alpha value is -1.92. The number of ether oxygens (including phenoxy) is 4. The lowest BCUT2D eigenvalue weighted by Gasteiger charge is -2.55. The maximum absolute atomic E-state index is 13.8. The number of alkyl carbamates (subject to hydrolysis) is 1. The van der Waals surface area contributed by atoms with Gasteiger partial charge in [0.2, 0.25) is 10.0 Å². The van der Waals surface area contributed by atoms with Crippen molar-refractivity contribution in [1.29, 1.82) is 0 Å². The molecule has 0 unspecified atom stereocenters. The van der Waals surface area contributed by atoms with Crippen LogP contribution >= 0.6 is 0 Å². The average Bonchev–Trinajstić information content (AvgIpc) is 3.58. The Balaban J connectivity index is 1.20. The zero-order valence-corrected chi connectivity index (χ0v) is 26.4. The fourth-order valence-electron chi connectivity index (χ4n) is 8.81. The molecule has 240 valence electrons. The number of nitrogens with one attached hydrogen (secondary N) is 1. The van der Waals surface area contributed by atoms with Gasteiger partial charge in [0.25, 0.3) is 0 Å². The third-order valence-corrected chi connectivity index (χ3v) is 12.5. The van der Waals surface area contributed by atoms with E-state index < -0.39 is 34.4 Å². The Morgan fingerprint density at radius 3 is 2.35 bits per heavy atom. The van der Waals surface area contributed by atoms with E-state index in [1.165, 1.54) is 55.7 Å². The number of nitrogens with zero attached hydrogens (tertiary/aromatic N) is 1. The molecule has 5 atom stereocenters. The minimum atomic E-state index is -3.91. The molecule has 2 N–H and O–H groups in total. The van der Waals surface area contributed by atoms with Crippen molar-refractivity contribution < 1.29 is 37.3 Å². The van der Waals surface area contributed by atoms with Crippen LogP contribution in [0.2, 0.25) is 0 Å². The van der Waals surface area contributed by atoms with Crippen LogP contribution in [-0.4, -0.2) is 81.9 Å². The largest absolute Gasteiger partial charge is 0.497 e. The number of aliphatic hydroxyl groups excluding tert-OH is 1. The van der Waals surface area contributed by atoms with Crippen molar-refractivity contribution in [2.24, 2.45) is 41.4 Å². The minimum Gasteiger partial charge on any atom is -0.497 e. The molecule has 10 nitrogen and oxygen atoms in total. The maximum Gasteiger partial charge on any atom is 0.407 e. The van der Waals surface area contributed by atoms with Crippen LogP contribution in [-0.2, 0) is 24.2 Å². The van der Waals surface area contributed by atoms with Crippen LogP contribution in [0, 0.1) is 41.4 Å². The number of aliphatic hydroxyl groups is 1. The Kier molecular flexibility index (Phi) is 9.27. The minimum absolute atomic E-state index is 0.00900. The summed E-state index contributed by atoms with van der Waals surface area (Å²) in [6, 6.07) is 5.65. The van der Waals surface area contributed by atoms with Crippen LogP contribution in [0.3, 0.4) is 0 Å². The van der Waals surface area contributed by atoms with E-state index in [4.69, 9.17) is 18.9 Å². The zero-order chi connectivity index (χ0) is 30.3. The molecule has 7 rings (SSSR count). The Morgan fingerprint density at radius 2 is 1.72 bits per heavy atom. The number of amides is 1. The van der Waals surface area contributed by atoms with Crippen LogP contribution < -0.4 is 10.1 Å². The summed E-state index contributed by atoms with van der Waals surface area (Å²) < 4.78 is 51.2. The number of sulfonamides is 1. The summed E-state index contributed by atoms with van der Waals surface area (Å²) in [7, 11) is -2.38. The first kappa shape index (κ1) is 31.1. The first-order valence-corrected chi connectivity index (χ1v) is 17.6. The molecule has 43 heavy (non-hydrogen) atoms. The molecule has 1 aromatic rings. The summed E-state index contributed by atoms with van der Waals surface area (Å²) in [5, 5.41) is 14.8. The first-order valence-electron chi connectivity index (χ1n) is 16.1. The van der Waals surface area contributed by atoms with E-state index >= 15 is 0 Å². The highest BCUT2D eigenvalue weighted by Crippen LogP contribution is 2.57. The van der Waals surface area contributed by atoms with E-state index in [1.807, 2.05) is 13.8 Å². The molecule has 0 aromatic heterocycles. The SMILES string of the molecule is COc1ccc(S(=O)(=O)N(CC(C)C)C[C@@H](O)[C@H](CC2C3CC4CC(C3)CC2C4)NC(=O)O[C@H]2CO[C@H]3OCC[C@H]32)cc1. The van der Waals surface area contributed by atoms with E-state index in [0.717, 1.165) is 18.3 Å². The predicted molar refractivity (Wildman–Crippen MR) is 159 cm³/mol. The molecule has 2 heterocycles. The van der Waals surface area contributed by atoms with Crippen molar-refractivity contribution in [3.8, 4) is 5.75 Å². The quantitative estimate of drug-likeness (QED) is 0.359. The molecular weight excluding hydrogens is 572 g/mol. The van der Waals surface area contributed by atoms with E-state index in [9.17, 15) is 18.3 Å². The summed E-state index contributed by atoms with van der Waals surface area (Å²) in [5.74, 6) is 3.80. The monoisotopic (exact) mass is 620 g/mol. The second-order valence-electron chi connectivity index (χ2n) is 14.0. The second-order valence-corrected chi connectivity index (χ2v) is 15.9. The summed E-state index contributed by atoms with van der Waals surface area (Å²) in [6.45, 7) is 4.88. The fraction of sp³-hybridized carbons (Fsp3) is 0.781. The predicted octanol–water partition coefficient (Wildman–Crippen LogP) is 4.02. The van der Waals surface area contributed by atoms with Crippen LogP contribution in [0.15, 0.2) is 29.2 Å². The zero-order valence-electron chi connectivity index (χ0n) is 25.6. The highest BCUT2D eigenvalue weighted by Gasteiger charge is 2.49. The first-order chi connectivity index (χ1) is 20.6. The molecule has 0 radical (unpaired) electrons. The van der Waals surface area contributed by atoms with Gasteiger partial charge in [-0.3, -0.25) is 0 Å². The number of hydrogen-bond acceptors (Lipinski definition) is 8. The van der Waals surface area contributed by atoms with Gasteiger partial charge in [-0.05, 0) is 105 Å². The smallest absolute Gasteiger partial charge is 0.407 e. The number of benzene rings is 1. The fourth-order valence-corrected chi connectivity index (χ4v) is 10.4. The summed E-state index contributed by atoms with van der Waals surface area (Å²) in [6.07, 6.45) is 5.17. The van der Waals surface area contributed by atoms with Gasteiger partial charge in [-0.15, -0.1) is 0 Å². The molecule has 11 heteroatoms. The van der Waals surface area contributed by atoms with Gasteiger partial charge in [0.15, 0.2) is 6.29 Å². The molecule has 0 spiro atoms. The lowest BCUT2D eigenvalue weighted by molar-refractivity contribution is -0.0907. The number of carbonyl (C=O) groups excluding carboxylic acids is 1. The molecule has 4 bridgehead atoms. The van der Waals surface area contributed by atoms with Crippen molar-refractivity contribution in [2.45, 2.75) is 88.2 Å². The molecule has 4 aliphatic carbocycles. The van der Waals surface area contributed by atoms with Gasteiger partial charge in [-0.1, -0.05) is 13.8 Å². The third kappa shape index (κ3) is 6.71. The molecule has 4 saturated carbocycles. The van der Waals surface area contributed by atoms with Gasteiger partial charge in [0.05, 0.1) is 43.3 Å². The molecule has 6 aliphatic rings. The molecule has 6 fully saturated rings. The Labute approximate surface area is 255 Å². The molecule has 2 saturated heterocycles. The van der Waals surface area contributed by atoms with Gasteiger partial charge in [-0.25, -0.2) is 13.2 Å². The van der Waals surface area contributed by atoms with Gasteiger partial charge < -0.3 is 29.4 Å². The van der Waals surface area contributed by atoms with E-state index in [-0.39, 0.29) is 42.7 Å². The highest BCUT2D eigenvalue weighted by atomic mass is 32.2. The number of rotatable bonds is 12. The van der Waals surface area contributed by atoms with Gasteiger partial charge >= 0.3 is 6.09 Å². The molecule has 1 aromatic carbocycles. The average molecular weight is 621 g/mol. The summed E-state index contributed by atoms with van der Waals surface area (Å²) in [5.41, 5.74) is 0. The lowest BCUT2D eigenvalue weighted by atomic mass is 9.51. The van der Waals surface area contributed by atoms with Crippen molar-refractivity contribution in [1.82, 2.24) is 9.62 Å². The summed E-state index contributed by atoms with van der Waals surface area (Å²) in [4.78, 5) is 13.4. The molecule has 2 aliphatic heterocycles. The number of fused-ring (bicyclic) bond motifs is 1. The second kappa shape index (κ2) is 12.8. The Bertz CT molecular complexity index is 1200. The van der Waals surface area contributed by atoms with Crippen molar-refractivity contribution >= 4 is 16.1 Å². The van der Waals surface area contributed by atoms with Gasteiger partial charge in [-0.2, -0.15) is 4.31 Å². The van der Waals surface area contributed by atoms with Gasteiger partial charge in [0, 0.05) is 13.1 Å². The standard InChI is InChI=1S/C32H48N2O8S/c1-19(2)16-34(43(37,38)25-6-4-24(39-3)5-7-25)17-29(35)28(15-27-22-11-20-10-21(13-22)14-23(27)12-20)33-32(36)42-30-18-41-31-26(30)8-9-40-31/h4-7,19-23,26-31,35H,8-18H2,1-3H3,(H,33,36)/t20?,21?,22?,23?,26-,27?,28-,29+,30-,31+/m0/s1. The van der Waals surface area contributed by atoms with Crippen molar-refractivity contribution in [3.63, 3.8) is 0 Å². The van der Waals surface area contributed by atoms with E-state index in [2.05, 4.69) is 5.32 Å². The maximum atomic E-state index is 13.8. The third-order valence-electron chi connectivity index (χ3n) is 10.6. The topological polar surface area (TPSA) is 124 Å². The van der Waals surface area contributed by atoms with Crippen molar-refractivity contribution in [3.05, 3.63) is 24.3 Å². The van der Waals surface area contributed by atoms with Crippen LogP contribution in [0.25, 0.3) is 0 Å². The van der Waals surface area contributed by atoms with Gasteiger partial charge in [0.1, 0.15) is 11.9 Å². The number of hydrogen-bond donors (Lipinski definition) is 2. The van der Waals surface area contributed by atoms with E-state index in [0.29, 0.717) is 36.5 Å². The lowest BCUT2D eigenvalue weighted by Crippen LogP contribution is -2.54. The normalized spacial score (nSPS) is 34.4. The van der Waals surface area contributed by atoms with Crippen LogP contribution in [0.5, 0.6) is 5.75 Å². The summed E-state index contributed by atoms with van der Waals surface area (Å²) >= 11 is 0. The van der Waals surface area contributed by atoms with Crippen LogP contribution in [0.4, 0.5) is 4.79 Å².